The van der Waals surface area contributed by atoms with Crippen molar-refractivity contribution in [2.75, 3.05) is 13.7 Å². The van der Waals surface area contributed by atoms with Crippen LogP contribution in [-0.2, 0) is 23.9 Å². The van der Waals surface area contributed by atoms with Gasteiger partial charge in [-0.25, -0.2) is 0 Å². The van der Waals surface area contributed by atoms with Gasteiger partial charge >= 0.3 is 11.9 Å². The third-order valence-corrected chi connectivity index (χ3v) is 3.61. The molecule has 1 aliphatic carbocycles. The van der Waals surface area contributed by atoms with Crippen LogP contribution in [-0.4, -0.2) is 31.4 Å². The van der Waals surface area contributed by atoms with Crippen molar-refractivity contribution in [1.29, 1.82) is 0 Å². The zero-order chi connectivity index (χ0) is 14.3. The van der Waals surface area contributed by atoms with E-state index in [1.54, 1.807) is 6.92 Å². The molecule has 0 aromatic rings. The first-order chi connectivity index (χ1) is 9.06. The number of esters is 2. The average Bonchev–Trinajstić information content (AvgIpc) is 2.39. The largest absolute Gasteiger partial charge is 0.469 e. The Hall–Kier alpha value is -1.39. The fourth-order valence-corrected chi connectivity index (χ4v) is 2.50. The molecule has 108 valence electrons. The molecule has 0 bridgehead atoms. The van der Waals surface area contributed by atoms with Gasteiger partial charge in [0.1, 0.15) is 12.2 Å². The Morgan fingerprint density at radius 2 is 1.68 bits per heavy atom. The highest BCUT2D eigenvalue weighted by Crippen LogP contribution is 2.32. The Balaban J connectivity index is 2.30. The van der Waals surface area contributed by atoms with Crippen LogP contribution < -0.4 is 0 Å². The lowest BCUT2D eigenvalue weighted by atomic mass is 9.78. The van der Waals surface area contributed by atoms with Crippen molar-refractivity contribution in [2.45, 2.75) is 45.4 Å². The number of Topliss-reactive ketones (excluding diaryl/α,β-unsaturated/α-hetero) is 1. The maximum Gasteiger partial charge on any atom is 0.313 e. The summed E-state index contributed by atoms with van der Waals surface area (Å²) in [6.07, 6.45) is 3.49. The summed E-state index contributed by atoms with van der Waals surface area (Å²) < 4.78 is 9.41. The predicted molar refractivity (Wildman–Crippen MR) is 68.3 cm³/mol. The van der Waals surface area contributed by atoms with Crippen LogP contribution in [0.4, 0.5) is 0 Å². The molecule has 0 spiro atoms. The van der Waals surface area contributed by atoms with E-state index in [0.717, 1.165) is 25.7 Å². The molecule has 0 aliphatic heterocycles. The lowest BCUT2D eigenvalue weighted by Gasteiger charge is -2.26. The molecule has 5 heteroatoms. The third-order valence-electron chi connectivity index (χ3n) is 3.61. The van der Waals surface area contributed by atoms with Gasteiger partial charge in [0.2, 0.25) is 0 Å². The first-order valence-electron chi connectivity index (χ1n) is 6.82. The van der Waals surface area contributed by atoms with Gasteiger partial charge in [-0.2, -0.15) is 0 Å². The van der Waals surface area contributed by atoms with Gasteiger partial charge in [0.05, 0.1) is 13.7 Å². The smallest absolute Gasteiger partial charge is 0.313 e. The standard InChI is InChI=1S/C14H22O5/c1-3-19-14(17)8-10-4-6-11(7-5-10)12(15)9-13(16)18-2/h10-11H,3-9H2,1-2H3. The first kappa shape index (κ1) is 15.7. The molecule has 0 amide bonds. The maximum absolute atomic E-state index is 11.8. The van der Waals surface area contributed by atoms with Crippen molar-refractivity contribution in [3.05, 3.63) is 0 Å². The number of carbonyl (C=O) groups is 3. The van der Waals surface area contributed by atoms with Gasteiger partial charge in [0, 0.05) is 12.3 Å². The molecule has 0 atom stereocenters. The first-order valence-corrected chi connectivity index (χ1v) is 6.82. The number of carbonyl (C=O) groups excluding carboxylic acids is 3. The predicted octanol–water partition coefficient (Wildman–Crippen LogP) is 1.88. The van der Waals surface area contributed by atoms with Gasteiger partial charge in [-0.15, -0.1) is 0 Å². The number of ether oxygens (including phenoxy) is 2. The van der Waals surface area contributed by atoms with Gasteiger partial charge in [-0.3, -0.25) is 14.4 Å². The van der Waals surface area contributed by atoms with E-state index in [0.29, 0.717) is 18.9 Å². The normalized spacial score (nSPS) is 22.6. The second-order valence-electron chi connectivity index (χ2n) is 4.95. The van der Waals surface area contributed by atoms with Gasteiger partial charge in [-0.05, 0) is 38.5 Å². The average molecular weight is 270 g/mol. The summed E-state index contributed by atoms with van der Waals surface area (Å²) >= 11 is 0. The molecule has 0 unspecified atom stereocenters. The number of hydrogen-bond donors (Lipinski definition) is 0. The molecule has 1 fully saturated rings. The SMILES string of the molecule is CCOC(=O)CC1CCC(C(=O)CC(=O)OC)CC1. The Morgan fingerprint density at radius 1 is 1.05 bits per heavy atom. The molecule has 0 N–H and O–H groups in total. The summed E-state index contributed by atoms with van der Waals surface area (Å²) in [5.74, 6) is -0.425. The van der Waals surface area contributed by atoms with Crippen LogP contribution in [0.2, 0.25) is 0 Å². The van der Waals surface area contributed by atoms with E-state index in [9.17, 15) is 14.4 Å². The van der Waals surface area contributed by atoms with Crippen LogP contribution in [0, 0.1) is 11.8 Å². The van der Waals surface area contributed by atoms with E-state index in [2.05, 4.69) is 4.74 Å². The molecule has 1 saturated carbocycles. The Kier molecular flexibility index (Phi) is 6.53. The molecular formula is C14H22O5. The number of hydrogen-bond acceptors (Lipinski definition) is 5. The zero-order valence-corrected chi connectivity index (χ0v) is 11.6. The lowest BCUT2D eigenvalue weighted by Crippen LogP contribution is -2.25. The topological polar surface area (TPSA) is 69.7 Å². The van der Waals surface area contributed by atoms with E-state index in [1.165, 1.54) is 7.11 Å². The minimum atomic E-state index is -0.473. The lowest BCUT2D eigenvalue weighted by molar-refractivity contribution is -0.144. The van der Waals surface area contributed by atoms with E-state index in [-0.39, 0.29) is 24.1 Å². The quantitative estimate of drug-likeness (QED) is 0.544. The maximum atomic E-state index is 11.8. The highest BCUT2D eigenvalue weighted by Gasteiger charge is 2.28. The summed E-state index contributed by atoms with van der Waals surface area (Å²) in [5, 5.41) is 0. The van der Waals surface area contributed by atoms with Crippen molar-refractivity contribution in [3.8, 4) is 0 Å². The summed E-state index contributed by atoms with van der Waals surface area (Å²) in [4.78, 5) is 34.2. The van der Waals surface area contributed by atoms with Crippen molar-refractivity contribution >= 4 is 17.7 Å². The fraction of sp³-hybridized carbons (Fsp3) is 0.786. The minimum Gasteiger partial charge on any atom is -0.469 e. The summed E-state index contributed by atoms with van der Waals surface area (Å²) in [6, 6.07) is 0. The second kappa shape index (κ2) is 7.92. The van der Waals surface area contributed by atoms with E-state index >= 15 is 0 Å². The van der Waals surface area contributed by atoms with Crippen LogP contribution in [0.25, 0.3) is 0 Å². The van der Waals surface area contributed by atoms with Crippen LogP contribution in [0.5, 0.6) is 0 Å². The van der Waals surface area contributed by atoms with Crippen molar-refractivity contribution in [2.24, 2.45) is 11.8 Å². The van der Waals surface area contributed by atoms with Crippen LogP contribution >= 0.6 is 0 Å². The van der Waals surface area contributed by atoms with E-state index < -0.39 is 5.97 Å². The van der Waals surface area contributed by atoms with Gasteiger partial charge in [0.25, 0.3) is 0 Å². The molecule has 0 saturated heterocycles. The molecule has 5 nitrogen and oxygen atoms in total. The van der Waals surface area contributed by atoms with E-state index in [4.69, 9.17) is 4.74 Å². The fourth-order valence-electron chi connectivity index (χ4n) is 2.50. The Labute approximate surface area is 113 Å². The molecule has 0 aromatic carbocycles. The number of methoxy groups -OCH3 is 1. The highest BCUT2D eigenvalue weighted by molar-refractivity contribution is 5.96. The minimum absolute atomic E-state index is 0.0403. The molecular weight excluding hydrogens is 248 g/mol. The van der Waals surface area contributed by atoms with Gasteiger partial charge in [-0.1, -0.05) is 0 Å². The van der Waals surface area contributed by atoms with Gasteiger partial charge in [0.15, 0.2) is 0 Å². The van der Waals surface area contributed by atoms with Crippen LogP contribution in [0.1, 0.15) is 45.4 Å². The second-order valence-corrected chi connectivity index (χ2v) is 4.95. The van der Waals surface area contributed by atoms with Crippen LogP contribution in [0.3, 0.4) is 0 Å². The molecule has 19 heavy (non-hydrogen) atoms. The third kappa shape index (κ3) is 5.41. The molecule has 0 heterocycles. The van der Waals surface area contributed by atoms with Crippen molar-refractivity contribution in [3.63, 3.8) is 0 Å². The number of ketones is 1. The molecule has 0 radical (unpaired) electrons. The van der Waals surface area contributed by atoms with E-state index in [1.807, 2.05) is 0 Å². The Morgan fingerprint density at radius 3 is 2.21 bits per heavy atom. The van der Waals surface area contributed by atoms with Crippen molar-refractivity contribution in [1.82, 2.24) is 0 Å². The van der Waals surface area contributed by atoms with Crippen LogP contribution in [0.15, 0.2) is 0 Å². The molecule has 0 aromatic heterocycles. The molecule has 1 rings (SSSR count). The molecule has 1 aliphatic rings. The highest BCUT2D eigenvalue weighted by atomic mass is 16.5. The summed E-state index contributed by atoms with van der Waals surface area (Å²) in [6.45, 7) is 2.20. The number of rotatable bonds is 6. The van der Waals surface area contributed by atoms with Gasteiger partial charge < -0.3 is 9.47 Å². The summed E-state index contributed by atoms with van der Waals surface area (Å²) in [5.41, 5.74) is 0. The Bertz CT molecular complexity index is 329. The van der Waals surface area contributed by atoms with Crippen molar-refractivity contribution < 1.29 is 23.9 Å². The monoisotopic (exact) mass is 270 g/mol. The zero-order valence-electron chi connectivity index (χ0n) is 11.6. The summed E-state index contributed by atoms with van der Waals surface area (Å²) in [7, 11) is 1.28.